The lowest BCUT2D eigenvalue weighted by Crippen LogP contribution is -2.48. The van der Waals surface area contributed by atoms with E-state index in [4.69, 9.17) is 5.73 Å². The second kappa shape index (κ2) is 4.17. The summed E-state index contributed by atoms with van der Waals surface area (Å²) >= 11 is 0. The van der Waals surface area contributed by atoms with Crippen LogP contribution in [0.3, 0.4) is 0 Å². The summed E-state index contributed by atoms with van der Waals surface area (Å²) in [4.78, 5) is 6.80. The van der Waals surface area contributed by atoms with Crippen molar-refractivity contribution in [3.8, 4) is 0 Å². The van der Waals surface area contributed by atoms with E-state index in [9.17, 15) is 0 Å². The Morgan fingerprint density at radius 2 is 2.50 bits per heavy atom. The smallest absolute Gasteiger partial charge is 0.194 e. The Balaban J connectivity index is 1.93. The Kier molecular flexibility index (Phi) is 2.91. The summed E-state index contributed by atoms with van der Waals surface area (Å²) in [6, 6.07) is 0.305. The van der Waals surface area contributed by atoms with E-state index in [0.29, 0.717) is 12.0 Å². The highest BCUT2D eigenvalue weighted by atomic mass is 15.3. The number of nitrogens with one attached hydrogen (secondary N) is 1. The van der Waals surface area contributed by atoms with Crippen LogP contribution in [0, 0.1) is 5.92 Å². The molecule has 14 heavy (non-hydrogen) atoms. The lowest BCUT2D eigenvalue weighted by molar-refractivity contribution is 0.231. The molecule has 0 amide bonds. The number of nitrogens with two attached hydrogens (primary N) is 1. The van der Waals surface area contributed by atoms with Crippen LogP contribution in [0.25, 0.3) is 0 Å². The molecular formula is C10H20N4. The van der Waals surface area contributed by atoms with Gasteiger partial charge >= 0.3 is 0 Å². The van der Waals surface area contributed by atoms with Crippen LogP contribution in [-0.2, 0) is 0 Å². The second-order valence-corrected chi connectivity index (χ2v) is 4.34. The number of hydrogen-bond donors (Lipinski definition) is 2. The number of aliphatic imine (C=N–C) groups is 1. The lowest BCUT2D eigenvalue weighted by atomic mass is 9.92. The van der Waals surface area contributed by atoms with Gasteiger partial charge in [0.25, 0.3) is 0 Å². The van der Waals surface area contributed by atoms with Gasteiger partial charge in [0.2, 0.25) is 0 Å². The van der Waals surface area contributed by atoms with E-state index >= 15 is 0 Å². The standard InChI is InChI=1S/C10H20N4/c1-8(11)9-3-2-6-14(7-9)10-12-4-5-13-10/h8-9H,2-7,11H2,1H3,(H,12,13). The van der Waals surface area contributed by atoms with Gasteiger partial charge in [-0.3, -0.25) is 4.99 Å². The molecule has 2 aliphatic heterocycles. The zero-order valence-corrected chi connectivity index (χ0v) is 8.87. The lowest BCUT2D eigenvalue weighted by Gasteiger charge is -2.35. The second-order valence-electron chi connectivity index (χ2n) is 4.34. The topological polar surface area (TPSA) is 53.6 Å². The minimum atomic E-state index is 0.305. The molecule has 1 fully saturated rings. The molecule has 0 aromatic heterocycles. The maximum absolute atomic E-state index is 5.94. The Morgan fingerprint density at radius 3 is 3.14 bits per heavy atom. The van der Waals surface area contributed by atoms with Crippen LogP contribution in [0.2, 0.25) is 0 Å². The number of likely N-dealkylation sites (tertiary alicyclic amines) is 1. The first kappa shape index (κ1) is 9.77. The molecule has 0 spiro atoms. The highest BCUT2D eigenvalue weighted by Crippen LogP contribution is 2.19. The predicted molar refractivity (Wildman–Crippen MR) is 58.3 cm³/mol. The van der Waals surface area contributed by atoms with Crippen LogP contribution < -0.4 is 11.1 Å². The number of rotatable bonds is 1. The molecule has 2 aliphatic rings. The minimum absolute atomic E-state index is 0.305. The molecule has 1 saturated heterocycles. The molecule has 0 bridgehead atoms. The molecule has 80 valence electrons. The van der Waals surface area contributed by atoms with Crippen molar-refractivity contribution in [1.29, 1.82) is 0 Å². The minimum Gasteiger partial charge on any atom is -0.354 e. The number of hydrogen-bond acceptors (Lipinski definition) is 4. The average Bonchev–Trinajstić information content (AvgIpc) is 2.71. The summed E-state index contributed by atoms with van der Waals surface area (Å²) < 4.78 is 0. The largest absolute Gasteiger partial charge is 0.354 e. The number of piperidine rings is 1. The molecule has 2 atom stereocenters. The van der Waals surface area contributed by atoms with Gasteiger partial charge in [0.1, 0.15) is 0 Å². The van der Waals surface area contributed by atoms with Crippen LogP contribution in [0.5, 0.6) is 0 Å². The van der Waals surface area contributed by atoms with Crippen LogP contribution in [0.15, 0.2) is 4.99 Å². The van der Waals surface area contributed by atoms with Crippen LogP contribution in [0.1, 0.15) is 19.8 Å². The molecular weight excluding hydrogens is 176 g/mol. The SMILES string of the molecule is CC(N)C1CCCN(C2=NCCN2)C1. The van der Waals surface area contributed by atoms with Crippen LogP contribution in [-0.4, -0.2) is 43.1 Å². The molecule has 3 N–H and O–H groups in total. The first-order valence-corrected chi connectivity index (χ1v) is 5.56. The monoisotopic (exact) mass is 196 g/mol. The van der Waals surface area contributed by atoms with Gasteiger partial charge in [-0.1, -0.05) is 0 Å². The molecule has 0 aromatic rings. The predicted octanol–water partition coefficient (Wildman–Crippen LogP) is 0.00480. The number of nitrogens with zero attached hydrogens (tertiary/aromatic N) is 2. The fourth-order valence-electron chi connectivity index (χ4n) is 2.23. The van der Waals surface area contributed by atoms with Crippen molar-refractivity contribution in [1.82, 2.24) is 10.2 Å². The van der Waals surface area contributed by atoms with Gasteiger partial charge in [0, 0.05) is 25.7 Å². The van der Waals surface area contributed by atoms with E-state index in [1.165, 1.54) is 12.8 Å². The first-order valence-electron chi connectivity index (χ1n) is 5.56. The van der Waals surface area contributed by atoms with Crippen molar-refractivity contribution in [3.05, 3.63) is 0 Å². The molecule has 0 radical (unpaired) electrons. The van der Waals surface area contributed by atoms with Crippen molar-refractivity contribution in [2.45, 2.75) is 25.8 Å². The normalized spacial score (nSPS) is 29.7. The highest BCUT2D eigenvalue weighted by Gasteiger charge is 2.25. The molecule has 0 aliphatic carbocycles. The van der Waals surface area contributed by atoms with Crippen molar-refractivity contribution in [3.63, 3.8) is 0 Å². The van der Waals surface area contributed by atoms with Crippen molar-refractivity contribution in [2.75, 3.05) is 26.2 Å². The summed E-state index contributed by atoms with van der Waals surface area (Å²) in [6.07, 6.45) is 2.51. The molecule has 2 rings (SSSR count). The van der Waals surface area contributed by atoms with Gasteiger partial charge < -0.3 is 16.0 Å². The summed E-state index contributed by atoms with van der Waals surface area (Å²) in [5.74, 6) is 1.73. The van der Waals surface area contributed by atoms with E-state index in [2.05, 4.69) is 22.1 Å². The third kappa shape index (κ3) is 2.00. The molecule has 2 unspecified atom stereocenters. The summed E-state index contributed by atoms with van der Waals surface area (Å²) in [6.45, 7) is 6.24. The van der Waals surface area contributed by atoms with Crippen LogP contribution in [0.4, 0.5) is 0 Å². The summed E-state index contributed by atoms with van der Waals surface area (Å²) in [7, 11) is 0. The first-order chi connectivity index (χ1) is 6.77. The molecule has 0 aromatic carbocycles. The third-order valence-corrected chi connectivity index (χ3v) is 3.16. The zero-order chi connectivity index (χ0) is 9.97. The number of guanidine groups is 1. The van der Waals surface area contributed by atoms with E-state index in [0.717, 1.165) is 32.1 Å². The van der Waals surface area contributed by atoms with Crippen LogP contribution >= 0.6 is 0 Å². The fraction of sp³-hybridized carbons (Fsp3) is 0.900. The quantitative estimate of drug-likeness (QED) is 0.621. The van der Waals surface area contributed by atoms with Gasteiger partial charge in [0.15, 0.2) is 5.96 Å². The Bertz CT molecular complexity index is 224. The van der Waals surface area contributed by atoms with Crippen molar-refractivity contribution in [2.24, 2.45) is 16.6 Å². The maximum Gasteiger partial charge on any atom is 0.194 e. The van der Waals surface area contributed by atoms with Crippen molar-refractivity contribution >= 4 is 5.96 Å². The average molecular weight is 196 g/mol. The van der Waals surface area contributed by atoms with Gasteiger partial charge in [-0.2, -0.15) is 0 Å². The molecule has 4 nitrogen and oxygen atoms in total. The third-order valence-electron chi connectivity index (χ3n) is 3.16. The van der Waals surface area contributed by atoms with Gasteiger partial charge in [0.05, 0.1) is 6.54 Å². The molecule has 4 heteroatoms. The highest BCUT2D eigenvalue weighted by molar-refractivity contribution is 5.81. The molecule has 2 heterocycles. The Labute approximate surface area is 85.6 Å². The Hall–Kier alpha value is -0.770. The van der Waals surface area contributed by atoms with E-state index < -0.39 is 0 Å². The Morgan fingerprint density at radius 1 is 1.64 bits per heavy atom. The maximum atomic E-state index is 5.94. The van der Waals surface area contributed by atoms with Gasteiger partial charge in [-0.15, -0.1) is 0 Å². The molecule has 0 saturated carbocycles. The van der Waals surface area contributed by atoms with Gasteiger partial charge in [-0.25, -0.2) is 0 Å². The summed E-state index contributed by atoms with van der Waals surface area (Å²) in [5.41, 5.74) is 5.94. The fourth-order valence-corrected chi connectivity index (χ4v) is 2.23. The summed E-state index contributed by atoms with van der Waals surface area (Å²) in [5, 5.41) is 3.32. The van der Waals surface area contributed by atoms with E-state index in [1.54, 1.807) is 0 Å². The zero-order valence-electron chi connectivity index (χ0n) is 8.87. The van der Waals surface area contributed by atoms with Gasteiger partial charge in [-0.05, 0) is 25.7 Å². The van der Waals surface area contributed by atoms with E-state index in [1.807, 2.05) is 0 Å². The van der Waals surface area contributed by atoms with Crippen molar-refractivity contribution < 1.29 is 0 Å². The van der Waals surface area contributed by atoms with E-state index in [-0.39, 0.29) is 0 Å².